The Balaban J connectivity index is 1.94. The molecule has 3 nitrogen and oxygen atoms in total. The van der Waals surface area contributed by atoms with Gasteiger partial charge in [0, 0.05) is 16.6 Å². The average Bonchev–Trinajstić information content (AvgIpc) is 2.48. The van der Waals surface area contributed by atoms with Crippen molar-refractivity contribution in [3.63, 3.8) is 0 Å². The quantitative estimate of drug-likeness (QED) is 0.807. The maximum absolute atomic E-state index is 10.8. The fourth-order valence-electron chi connectivity index (χ4n) is 2.28. The summed E-state index contributed by atoms with van der Waals surface area (Å²) < 4.78 is 1.08. The van der Waals surface area contributed by atoms with Gasteiger partial charge >= 0.3 is 5.97 Å². The highest BCUT2D eigenvalue weighted by atomic mass is 79.9. The molecule has 4 heteroatoms. The van der Waals surface area contributed by atoms with Crippen LogP contribution in [0, 0.1) is 0 Å². The van der Waals surface area contributed by atoms with Crippen LogP contribution in [0.1, 0.15) is 35.3 Å². The summed E-state index contributed by atoms with van der Waals surface area (Å²) in [6.07, 6.45) is 0.924. The first kappa shape index (κ1) is 16.7. The summed E-state index contributed by atoms with van der Waals surface area (Å²) in [5, 5.41) is 12.4. The Hall–Kier alpha value is -1.65. The number of carboxylic acid groups (broad SMARTS) is 1. The summed E-state index contributed by atoms with van der Waals surface area (Å²) >= 11 is 3.44. The van der Waals surface area contributed by atoms with Gasteiger partial charge in [0.2, 0.25) is 0 Å². The Morgan fingerprint density at radius 1 is 1.05 bits per heavy atom. The van der Waals surface area contributed by atoms with Crippen LogP contribution in [-0.4, -0.2) is 16.6 Å². The second-order valence-corrected chi connectivity index (χ2v) is 6.96. The van der Waals surface area contributed by atoms with Gasteiger partial charge in [-0.2, -0.15) is 0 Å². The van der Waals surface area contributed by atoms with Crippen molar-refractivity contribution >= 4 is 21.9 Å². The second kappa shape index (κ2) is 7.07. The molecule has 0 unspecified atom stereocenters. The van der Waals surface area contributed by atoms with Gasteiger partial charge in [0.1, 0.15) is 0 Å². The van der Waals surface area contributed by atoms with Gasteiger partial charge in [0.15, 0.2) is 0 Å². The van der Waals surface area contributed by atoms with Crippen LogP contribution in [0.15, 0.2) is 53.0 Å². The zero-order valence-corrected chi connectivity index (χ0v) is 14.4. The van der Waals surface area contributed by atoms with E-state index in [9.17, 15) is 4.79 Å². The number of nitrogens with one attached hydrogen (secondary N) is 1. The number of aromatic carboxylic acids is 1. The zero-order valence-electron chi connectivity index (χ0n) is 12.8. The molecule has 0 saturated carbocycles. The lowest BCUT2D eigenvalue weighted by molar-refractivity contribution is 0.0697. The Morgan fingerprint density at radius 2 is 1.59 bits per heavy atom. The normalized spacial score (nSPS) is 11.4. The lowest BCUT2D eigenvalue weighted by Gasteiger charge is -2.27. The molecule has 22 heavy (non-hydrogen) atoms. The number of carboxylic acids is 1. The van der Waals surface area contributed by atoms with E-state index in [1.165, 1.54) is 5.56 Å². The molecule has 0 fully saturated rings. The van der Waals surface area contributed by atoms with Gasteiger partial charge in [-0.3, -0.25) is 0 Å². The highest BCUT2D eigenvalue weighted by Gasteiger charge is 2.17. The molecule has 0 saturated heterocycles. The van der Waals surface area contributed by atoms with Gasteiger partial charge in [0.05, 0.1) is 5.56 Å². The number of hydrogen-bond donors (Lipinski definition) is 2. The van der Waals surface area contributed by atoms with Crippen molar-refractivity contribution in [2.24, 2.45) is 0 Å². The molecule has 2 rings (SSSR count). The molecule has 2 N–H and O–H groups in total. The summed E-state index contributed by atoms with van der Waals surface area (Å²) in [7, 11) is 0. The molecule has 0 radical (unpaired) electrons. The van der Waals surface area contributed by atoms with E-state index in [1.54, 1.807) is 12.1 Å². The third-order valence-corrected chi connectivity index (χ3v) is 4.06. The third-order valence-electron chi connectivity index (χ3n) is 3.53. The molecule has 0 heterocycles. The van der Waals surface area contributed by atoms with E-state index < -0.39 is 5.97 Å². The predicted octanol–water partition coefficient (Wildman–Crippen LogP) is 4.26. The van der Waals surface area contributed by atoms with Crippen molar-refractivity contribution < 1.29 is 9.90 Å². The van der Waals surface area contributed by atoms with Crippen LogP contribution < -0.4 is 5.32 Å². The Labute approximate surface area is 139 Å². The standard InChI is InChI=1S/C18H20BrNO2/c1-18(2,11-13-5-9-16(19)10-6-13)20-12-14-3-7-15(8-4-14)17(21)22/h3-10,20H,11-12H2,1-2H3,(H,21,22). The van der Waals surface area contributed by atoms with Crippen LogP contribution >= 0.6 is 15.9 Å². The molecule has 0 aliphatic heterocycles. The number of benzene rings is 2. The van der Waals surface area contributed by atoms with Gasteiger partial charge in [-0.05, 0) is 55.7 Å². The van der Waals surface area contributed by atoms with E-state index in [2.05, 4.69) is 59.4 Å². The monoisotopic (exact) mass is 361 g/mol. The maximum Gasteiger partial charge on any atom is 0.335 e. The van der Waals surface area contributed by atoms with Gasteiger partial charge < -0.3 is 10.4 Å². The highest BCUT2D eigenvalue weighted by Crippen LogP contribution is 2.17. The van der Waals surface area contributed by atoms with Gasteiger partial charge in [-0.1, -0.05) is 40.2 Å². The van der Waals surface area contributed by atoms with Crippen molar-refractivity contribution in [2.75, 3.05) is 0 Å². The zero-order chi connectivity index (χ0) is 16.2. The van der Waals surface area contributed by atoms with E-state index in [1.807, 2.05) is 12.1 Å². The number of hydrogen-bond acceptors (Lipinski definition) is 2. The summed E-state index contributed by atoms with van der Waals surface area (Å²) in [5.74, 6) is -0.893. The molecular formula is C18H20BrNO2. The van der Waals surface area contributed by atoms with Crippen LogP contribution in [0.3, 0.4) is 0 Å². The van der Waals surface area contributed by atoms with E-state index in [-0.39, 0.29) is 5.54 Å². The van der Waals surface area contributed by atoms with Crippen molar-refractivity contribution in [1.82, 2.24) is 5.32 Å². The number of carbonyl (C=O) groups is 1. The summed E-state index contributed by atoms with van der Waals surface area (Å²) in [6, 6.07) is 15.3. The summed E-state index contributed by atoms with van der Waals surface area (Å²) in [6.45, 7) is 5.05. The van der Waals surface area contributed by atoms with E-state index in [0.717, 1.165) is 16.5 Å². The van der Waals surface area contributed by atoms with E-state index in [4.69, 9.17) is 5.11 Å². The molecule has 0 aliphatic rings. The first-order valence-corrected chi connectivity index (χ1v) is 7.97. The lowest BCUT2D eigenvalue weighted by Crippen LogP contribution is -2.40. The Bertz CT molecular complexity index is 633. The molecule has 0 spiro atoms. The molecule has 116 valence electrons. The topological polar surface area (TPSA) is 49.3 Å². The van der Waals surface area contributed by atoms with Crippen LogP contribution in [0.25, 0.3) is 0 Å². The molecular weight excluding hydrogens is 342 g/mol. The minimum Gasteiger partial charge on any atom is -0.478 e. The van der Waals surface area contributed by atoms with Crippen molar-refractivity contribution in [3.8, 4) is 0 Å². The number of halogens is 1. The SMILES string of the molecule is CC(C)(Cc1ccc(Br)cc1)NCc1ccc(C(=O)O)cc1. The fraction of sp³-hybridized carbons (Fsp3) is 0.278. The van der Waals surface area contributed by atoms with Gasteiger partial charge in [-0.25, -0.2) is 4.79 Å². The molecule has 0 aromatic heterocycles. The van der Waals surface area contributed by atoms with Crippen LogP contribution in [0.4, 0.5) is 0 Å². The summed E-state index contributed by atoms with van der Waals surface area (Å²) in [4.78, 5) is 10.8. The minimum absolute atomic E-state index is 0.0424. The Morgan fingerprint density at radius 3 is 2.14 bits per heavy atom. The van der Waals surface area contributed by atoms with Crippen molar-refractivity contribution in [2.45, 2.75) is 32.4 Å². The smallest absolute Gasteiger partial charge is 0.335 e. The van der Waals surface area contributed by atoms with Crippen LogP contribution in [0.5, 0.6) is 0 Å². The largest absolute Gasteiger partial charge is 0.478 e. The molecule has 2 aromatic rings. The van der Waals surface area contributed by atoms with Crippen LogP contribution in [0.2, 0.25) is 0 Å². The van der Waals surface area contributed by atoms with Gasteiger partial charge in [0.25, 0.3) is 0 Å². The first-order valence-electron chi connectivity index (χ1n) is 7.17. The molecule has 0 bridgehead atoms. The van der Waals surface area contributed by atoms with Crippen molar-refractivity contribution in [1.29, 1.82) is 0 Å². The lowest BCUT2D eigenvalue weighted by atomic mass is 9.94. The summed E-state index contributed by atoms with van der Waals surface area (Å²) in [5.41, 5.74) is 2.63. The Kier molecular flexibility index (Phi) is 5.37. The van der Waals surface area contributed by atoms with Crippen LogP contribution in [-0.2, 0) is 13.0 Å². The molecule has 0 amide bonds. The van der Waals surface area contributed by atoms with Crippen molar-refractivity contribution in [3.05, 3.63) is 69.7 Å². The van der Waals surface area contributed by atoms with E-state index >= 15 is 0 Å². The minimum atomic E-state index is -0.893. The number of rotatable bonds is 6. The third kappa shape index (κ3) is 4.97. The maximum atomic E-state index is 10.8. The van der Waals surface area contributed by atoms with Gasteiger partial charge in [-0.15, -0.1) is 0 Å². The molecule has 0 atom stereocenters. The highest BCUT2D eigenvalue weighted by molar-refractivity contribution is 9.10. The molecule has 2 aromatic carbocycles. The average molecular weight is 362 g/mol. The predicted molar refractivity (Wildman–Crippen MR) is 92.2 cm³/mol. The molecule has 0 aliphatic carbocycles. The second-order valence-electron chi connectivity index (χ2n) is 6.04. The fourth-order valence-corrected chi connectivity index (χ4v) is 2.55. The first-order chi connectivity index (χ1) is 10.4. The van der Waals surface area contributed by atoms with E-state index in [0.29, 0.717) is 12.1 Å².